The summed E-state index contributed by atoms with van der Waals surface area (Å²) < 4.78 is 0. The Bertz CT molecular complexity index is 404. The van der Waals surface area contributed by atoms with Crippen molar-refractivity contribution in [3.8, 4) is 0 Å². The van der Waals surface area contributed by atoms with Crippen LogP contribution in [0.5, 0.6) is 0 Å². The Labute approximate surface area is 120 Å². The van der Waals surface area contributed by atoms with Gasteiger partial charge in [0.05, 0.1) is 6.61 Å². The number of carbonyl (C=O) groups is 1. The maximum atomic E-state index is 12.3. The zero-order chi connectivity index (χ0) is 15.0. The predicted molar refractivity (Wildman–Crippen MR) is 77.6 cm³/mol. The number of aromatic amines is 1. The molecule has 6 nitrogen and oxygen atoms in total. The number of carbonyl (C=O) groups excluding carboxylic acids is 1. The lowest BCUT2D eigenvalue weighted by molar-refractivity contribution is 0.0706. The van der Waals surface area contributed by atoms with Gasteiger partial charge in [-0.05, 0) is 6.42 Å². The number of amides is 1. The molecule has 1 amide bonds. The van der Waals surface area contributed by atoms with Gasteiger partial charge in [-0.15, -0.1) is 5.10 Å². The van der Waals surface area contributed by atoms with E-state index in [0.29, 0.717) is 18.9 Å². The summed E-state index contributed by atoms with van der Waals surface area (Å²) in [5, 5.41) is 15.9. The van der Waals surface area contributed by atoms with Crippen molar-refractivity contribution in [3.63, 3.8) is 0 Å². The molecule has 1 rings (SSSR count). The molecule has 0 atom stereocenters. The average Bonchev–Trinajstić information content (AvgIpc) is 2.91. The number of nitrogens with one attached hydrogen (secondary N) is 1. The van der Waals surface area contributed by atoms with Crippen LogP contribution in [0.3, 0.4) is 0 Å². The fourth-order valence-corrected chi connectivity index (χ4v) is 1.93. The Kier molecular flexibility index (Phi) is 7.22. The molecule has 0 aliphatic rings. The van der Waals surface area contributed by atoms with Crippen molar-refractivity contribution in [3.05, 3.63) is 11.6 Å². The number of aromatic nitrogens is 3. The molecule has 2 N–H and O–H groups in total. The van der Waals surface area contributed by atoms with Gasteiger partial charge in [0.25, 0.3) is 5.91 Å². The maximum Gasteiger partial charge on any atom is 0.293 e. The van der Waals surface area contributed by atoms with E-state index in [-0.39, 0.29) is 24.3 Å². The lowest BCUT2D eigenvalue weighted by atomic mass is 10.2. The Morgan fingerprint density at radius 1 is 1.30 bits per heavy atom. The van der Waals surface area contributed by atoms with Crippen molar-refractivity contribution in [2.45, 2.75) is 52.4 Å². The summed E-state index contributed by atoms with van der Waals surface area (Å²) in [5.41, 5.74) is 0. The number of hydrogen-bond acceptors (Lipinski definition) is 4. The van der Waals surface area contributed by atoms with E-state index in [1.807, 2.05) is 13.8 Å². The SMILES string of the molecule is CCCCCCN(CCO)C(=O)c1n[nH]c(C(C)C)n1. The monoisotopic (exact) mass is 282 g/mol. The van der Waals surface area contributed by atoms with Gasteiger partial charge < -0.3 is 10.0 Å². The number of nitrogens with zero attached hydrogens (tertiary/aromatic N) is 3. The fraction of sp³-hybridized carbons (Fsp3) is 0.786. The third-order valence-corrected chi connectivity index (χ3v) is 3.18. The van der Waals surface area contributed by atoms with Gasteiger partial charge in [0.15, 0.2) is 0 Å². The number of rotatable bonds is 9. The number of hydrogen-bond donors (Lipinski definition) is 2. The molecule has 1 aromatic heterocycles. The molecule has 114 valence electrons. The van der Waals surface area contributed by atoms with Gasteiger partial charge in [-0.3, -0.25) is 9.89 Å². The van der Waals surface area contributed by atoms with Gasteiger partial charge >= 0.3 is 0 Å². The minimum absolute atomic E-state index is 0.0407. The van der Waals surface area contributed by atoms with Crippen LogP contribution in [0.15, 0.2) is 0 Å². The van der Waals surface area contributed by atoms with E-state index in [9.17, 15) is 4.79 Å². The summed E-state index contributed by atoms with van der Waals surface area (Å²) in [6.45, 7) is 7.07. The van der Waals surface area contributed by atoms with Gasteiger partial charge in [-0.1, -0.05) is 40.0 Å². The van der Waals surface area contributed by atoms with Crippen LogP contribution in [-0.4, -0.2) is 50.8 Å². The molecular formula is C14H26N4O2. The lowest BCUT2D eigenvalue weighted by Gasteiger charge is -2.20. The quantitative estimate of drug-likeness (QED) is 0.678. The third-order valence-electron chi connectivity index (χ3n) is 3.18. The van der Waals surface area contributed by atoms with Crippen molar-refractivity contribution in [2.24, 2.45) is 0 Å². The molecule has 20 heavy (non-hydrogen) atoms. The summed E-state index contributed by atoms with van der Waals surface area (Å²) >= 11 is 0. The number of aliphatic hydroxyl groups is 1. The molecule has 0 aliphatic carbocycles. The summed E-state index contributed by atoms with van der Waals surface area (Å²) in [4.78, 5) is 18.1. The summed E-state index contributed by atoms with van der Waals surface area (Å²) in [6, 6.07) is 0. The first-order valence-electron chi connectivity index (χ1n) is 7.42. The zero-order valence-corrected chi connectivity index (χ0v) is 12.7. The second-order valence-electron chi connectivity index (χ2n) is 5.28. The first kappa shape index (κ1) is 16.6. The molecule has 0 aliphatic heterocycles. The van der Waals surface area contributed by atoms with Crippen molar-refractivity contribution in [1.82, 2.24) is 20.1 Å². The van der Waals surface area contributed by atoms with Crippen LogP contribution in [0.25, 0.3) is 0 Å². The molecule has 1 heterocycles. The molecule has 0 saturated carbocycles. The van der Waals surface area contributed by atoms with E-state index in [4.69, 9.17) is 5.11 Å². The van der Waals surface area contributed by atoms with E-state index < -0.39 is 0 Å². The van der Waals surface area contributed by atoms with Crippen LogP contribution >= 0.6 is 0 Å². The minimum atomic E-state index is -0.210. The molecule has 0 radical (unpaired) electrons. The molecule has 0 fully saturated rings. The van der Waals surface area contributed by atoms with Gasteiger partial charge in [0.1, 0.15) is 5.82 Å². The molecule has 0 unspecified atom stereocenters. The summed E-state index contributed by atoms with van der Waals surface area (Å²) in [7, 11) is 0. The highest BCUT2D eigenvalue weighted by Gasteiger charge is 2.20. The minimum Gasteiger partial charge on any atom is -0.395 e. The lowest BCUT2D eigenvalue weighted by Crippen LogP contribution is -2.35. The Balaban J connectivity index is 2.61. The molecule has 0 bridgehead atoms. The second kappa shape index (κ2) is 8.68. The van der Waals surface area contributed by atoms with Crippen LogP contribution in [0.1, 0.15) is 68.8 Å². The highest BCUT2D eigenvalue weighted by atomic mass is 16.3. The van der Waals surface area contributed by atoms with Crippen LogP contribution in [0.2, 0.25) is 0 Å². The number of H-pyrrole nitrogens is 1. The van der Waals surface area contributed by atoms with E-state index in [1.165, 1.54) is 6.42 Å². The first-order chi connectivity index (χ1) is 9.60. The van der Waals surface area contributed by atoms with Crippen molar-refractivity contribution < 1.29 is 9.90 Å². The summed E-state index contributed by atoms with van der Waals surface area (Å²) in [5.74, 6) is 0.902. The smallest absolute Gasteiger partial charge is 0.293 e. The highest BCUT2D eigenvalue weighted by Crippen LogP contribution is 2.10. The second-order valence-corrected chi connectivity index (χ2v) is 5.28. The van der Waals surface area contributed by atoms with E-state index in [1.54, 1.807) is 4.90 Å². The van der Waals surface area contributed by atoms with Gasteiger partial charge in [-0.2, -0.15) is 0 Å². The van der Waals surface area contributed by atoms with Crippen LogP contribution in [-0.2, 0) is 0 Å². The number of unbranched alkanes of at least 4 members (excludes halogenated alkanes) is 3. The normalized spacial score (nSPS) is 11.1. The number of aliphatic hydroxyl groups excluding tert-OH is 1. The average molecular weight is 282 g/mol. The van der Waals surface area contributed by atoms with E-state index >= 15 is 0 Å². The first-order valence-corrected chi connectivity index (χ1v) is 7.42. The third kappa shape index (κ3) is 4.92. The molecular weight excluding hydrogens is 256 g/mol. The Morgan fingerprint density at radius 2 is 2.05 bits per heavy atom. The van der Waals surface area contributed by atoms with Crippen LogP contribution in [0.4, 0.5) is 0 Å². The van der Waals surface area contributed by atoms with Crippen molar-refractivity contribution in [1.29, 1.82) is 0 Å². The highest BCUT2D eigenvalue weighted by molar-refractivity contribution is 5.90. The Hall–Kier alpha value is -1.43. The topological polar surface area (TPSA) is 82.1 Å². The van der Waals surface area contributed by atoms with Crippen LogP contribution in [0, 0.1) is 0 Å². The van der Waals surface area contributed by atoms with Gasteiger partial charge in [-0.25, -0.2) is 4.98 Å². The van der Waals surface area contributed by atoms with Crippen LogP contribution < -0.4 is 0 Å². The molecule has 0 spiro atoms. The zero-order valence-electron chi connectivity index (χ0n) is 12.7. The predicted octanol–water partition coefficient (Wildman–Crippen LogP) is 1.94. The maximum absolute atomic E-state index is 12.3. The standard InChI is InChI=1S/C14H26N4O2/c1-4-5-6-7-8-18(9-10-19)14(20)13-15-12(11(2)3)16-17-13/h11,19H,4-10H2,1-3H3,(H,15,16,17). The van der Waals surface area contributed by atoms with Gasteiger partial charge in [0, 0.05) is 19.0 Å². The largest absolute Gasteiger partial charge is 0.395 e. The Morgan fingerprint density at radius 3 is 2.60 bits per heavy atom. The van der Waals surface area contributed by atoms with Gasteiger partial charge in [0.2, 0.25) is 5.82 Å². The summed E-state index contributed by atoms with van der Waals surface area (Å²) in [6.07, 6.45) is 4.36. The van der Waals surface area contributed by atoms with E-state index in [2.05, 4.69) is 22.1 Å². The van der Waals surface area contributed by atoms with Crippen molar-refractivity contribution >= 4 is 5.91 Å². The molecule has 6 heteroatoms. The molecule has 0 saturated heterocycles. The van der Waals surface area contributed by atoms with E-state index in [0.717, 1.165) is 19.3 Å². The van der Waals surface area contributed by atoms with Crippen molar-refractivity contribution in [2.75, 3.05) is 19.7 Å². The molecule has 0 aromatic carbocycles. The fourth-order valence-electron chi connectivity index (χ4n) is 1.93. The molecule has 1 aromatic rings.